The Morgan fingerprint density at radius 3 is 2.65 bits per heavy atom. The van der Waals surface area contributed by atoms with E-state index < -0.39 is 5.97 Å². The molecule has 4 nitrogen and oxygen atoms in total. The number of carbonyl (C=O) groups is 1. The van der Waals surface area contributed by atoms with Crippen molar-refractivity contribution in [1.82, 2.24) is 4.98 Å². The first-order valence-electron chi connectivity index (χ1n) is 6.35. The van der Waals surface area contributed by atoms with Gasteiger partial charge in [-0.25, -0.2) is 4.98 Å². The Kier molecular flexibility index (Phi) is 3.21. The van der Waals surface area contributed by atoms with Crippen LogP contribution in [0.4, 0.5) is 0 Å². The molecule has 0 aliphatic heterocycles. The lowest BCUT2D eigenvalue weighted by atomic mass is 10.1. The van der Waals surface area contributed by atoms with Crippen molar-refractivity contribution >= 4 is 17.1 Å². The van der Waals surface area contributed by atoms with E-state index in [1.807, 2.05) is 30.3 Å². The summed E-state index contributed by atoms with van der Waals surface area (Å²) in [5.41, 5.74) is 3.23. The maximum Gasteiger partial charge on any atom is 0.307 e. The van der Waals surface area contributed by atoms with Crippen LogP contribution in [-0.2, 0) is 17.6 Å². The zero-order chi connectivity index (χ0) is 13.9. The summed E-state index contributed by atoms with van der Waals surface area (Å²) < 4.78 is 5.69. The number of oxazole rings is 1. The zero-order valence-corrected chi connectivity index (χ0v) is 10.7. The van der Waals surface area contributed by atoms with Crippen LogP contribution >= 0.6 is 0 Å². The van der Waals surface area contributed by atoms with E-state index in [-0.39, 0.29) is 6.42 Å². The molecule has 3 rings (SSSR count). The third-order valence-corrected chi connectivity index (χ3v) is 3.05. The molecule has 0 unspecified atom stereocenters. The summed E-state index contributed by atoms with van der Waals surface area (Å²) in [6.07, 6.45) is 0.619. The van der Waals surface area contributed by atoms with Crippen molar-refractivity contribution in [2.24, 2.45) is 0 Å². The van der Waals surface area contributed by atoms with Gasteiger partial charge in [-0.2, -0.15) is 0 Å². The Morgan fingerprint density at radius 2 is 1.90 bits per heavy atom. The molecule has 0 spiro atoms. The van der Waals surface area contributed by atoms with E-state index in [1.54, 1.807) is 18.2 Å². The largest absolute Gasteiger partial charge is 0.481 e. The third kappa shape index (κ3) is 2.69. The number of rotatable bonds is 4. The minimum atomic E-state index is -0.853. The number of fused-ring (bicyclic) bond motifs is 1. The number of aliphatic carboxylic acids is 1. The summed E-state index contributed by atoms with van der Waals surface area (Å²) in [6.45, 7) is 0. The number of hydrogen-bond donors (Lipinski definition) is 1. The summed E-state index contributed by atoms with van der Waals surface area (Å²) in [7, 11) is 0. The summed E-state index contributed by atoms with van der Waals surface area (Å²) >= 11 is 0. The van der Waals surface area contributed by atoms with Crippen LogP contribution < -0.4 is 0 Å². The standard InChI is InChI=1S/C16H13NO3/c18-16(19)10-12-6-7-13-14(8-12)20-15(17-13)9-11-4-2-1-3-5-11/h1-8H,9-10H2,(H,18,19). The molecule has 0 atom stereocenters. The number of carboxylic acid groups (broad SMARTS) is 1. The van der Waals surface area contributed by atoms with Gasteiger partial charge in [-0.15, -0.1) is 0 Å². The van der Waals surface area contributed by atoms with E-state index >= 15 is 0 Å². The molecule has 0 amide bonds. The van der Waals surface area contributed by atoms with E-state index in [2.05, 4.69) is 4.98 Å². The fourth-order valence-corrected chi connectivity index (χ4v) is 2.15. The lowest BCUT2D eigenvalue weighted by molar-refractivity contribution is -0.136. The van der Waals surface area contributed by atoms with Crippen molar-refractivity contribution in [3.8, 4) is 0 Å². The van der Waals surface area contributed by atoms with Gasteiger partial charge in [-0.05, 0) is 23.3 Å². The second-order valence-electron chi connectivity index (χ2n) is 4.64. The van der Waals surface area contributed by atoms with Gasteiger partial charge in [-0.3, -0.25) is 4.79 Å². The average molecular weight is 267 g/mol. The van der Waals surface area contributed by atoms with Crippen LogP contribution in [-0.4, -0.2) is 16.1 Å². The molecule has 0 radical (unpaired) electrons. The number of hydrogen-bond acceptors (Lipinski definition) is 3. The molecule has 1 aromatic heterocycles. The smallest absolute Gasteiger partial charge is 0.307 e. The Labute approximate surface area is 115 Å². The highest BCUT2D eigenvalue weighted by molar-refractivity contribution is 5.76. The van der Waals surface area contributed by atoms with Crippen LogP contribution in [0, 0.1) is 0 Å². The summed E-state index contributed by atoms with van der Waals surface area (Å²) in [5, 5.41) is 8.79. The van der Waals surface area contributed by atoms with Gasteiger partial charge in [0.2, 0.25) is 0 Å². The van der Waals surface area contributed by atoms with Crippen molar-refractivity contribution in [2.75, 3.05) is 0 Å². The number of nitrogens with zero attached hydrogens (tertiary/aromatic N) is 1. The van der Waals surface area contributed by atoms with Gasteiger partial charge in [0.05, 0.1) is 6.42 Å². The van der Waals surface area contributed by atoms with Gasteiger partial charge >= 0.3 is 5.97 Å². The average Bonchev–Trinajstić information content (AvgIpc) is 2.80. The molecule has 0 bridgehead atoms. The van der Waals surface area contributed by atoms with Gasteiger partial charge in [0.25, 0.3) is 0 Å². The predicted octanol–water partition coefficient (Wildman–Crippen LogP) is 3.05. The highest BCUT2D eigenvalue weighted by Crippen LogP contribution is 2.19. The topological polar surface area (TPSA) is 63.3 Å². The fourth-order valence-electron chi connectivity index (χ4n) is 2.15. The van der Waals surface area contributed by atoms with Crippen molar-refractivity contribution in [3.05, 3.63) is 65.5 Å². The van der Waals surface area contributed by atoms with Crippen LogP contribution in [0.2, 0.25) is 0 Å². The second-order valence-corrected chi connectivity index (χ2v) is 4.64. The molecule has 4 heteroatoms. The number of carboxylic acids is 1. The molecule has 0 aliphatic rings. The molecule has 1 heterocycles. The van der Waals surface area contributed by atoms with E-state index in [4.69, 9.17) is 9.52 Å². The van der Waals surface area contributed by atoms with Gasteiger partial charge < -0.3 is 9.52 Å². The van der Waals surface area contributed by atoms with Gasteiger partial charge in [0.15, 0.2) is 11.5 Å². The molecule has 0 fully saturated rings. The summed E-state index contributed by atoms with van der Waals surface area (Å²) in [5.74, 6) is -0.216. The number of aromatic nitrogens is 1. The van der Waals surface area contributed by atoms with E-state index in [0.29, 0.717) is 23.5 Å². The quantitative estimate of drug-likeness (QED) is 0.789. The molecular formula is C16H13NO3. The molecule has 0 saturated heterocycles. The van der Waals surface area contributed by atoms with E-state index in [9.17, 15) is 4.79 Å². The lowest BCUT2D eigenvalue weighted by Crippen LogP contribution is -1.99. The molecule has 3 aromatic rings. The predicted molar refractivity (Wildman–Crippen MR) is 74.6 cm³/mol. The minimum Gasteiger partial charge on any atom is -0.481 e. The molecule has 20 heavy (non-hydrogen) atoms. The Hall–Kier alpha value is -2.62. The highest BCUT2D eigenvalue weighted by Gasteiger charge is 2.08. The Bertz CT molecular complexity index is 747. The first kappa shape index (κ1) is 12.4. The van der Waals surface area contributed by atoms with Gasteiger partial charge in [0, 0.05) is 6.42 Å². The monoisotopic (exact) mass is 267 g/mol. The molecule has 2 aromatic carbocycles. The minimum absolute atomic E-state index is 0.00927. The van der Waals surface area contributed by atoms with Crippen LogP contribution in [0.25, 0.3) is 11.1 Å². The molecule has 1 N–H and O–H groups in total. The summed E-state index contributed by atoms with van der Waals surface area (Å²) in [4.78, 5) is 15.1. The molecule has 0 saturated carbocycles. The van der Waals surface area contributed by atoms with Crippen molar-refractivity contribution < 1.29 is 14.3 Å². The van der Waals surface area contributed by atoms with Crippen LogP contribution in [0.15, 0.2) is 52.9 Å². The third-order valence-electron chi connectivity index (χ3n) is 3.05. The molecular weight excluding hydrogens is 254 g/mol. The first-order valence-corrected chi connectivity index (χ1v) is 6.35. The first-order chi connectivity index (χ1) is 9.70. The van der Waals surface area contributed by atoms with Gasteiger partial charge in [0.1, 0.15) is 5.52 Å². The lowest BCUT2D eigenvalue weighted by Gasteiger charge is -1.95. The van der Waals surface area contributed by atoms with Crippen molar-refractivity contribution in [1.29, 1.82) is 0 Å². The van der Waals surface area contributed by atoms with Crippen molar-refractivity contribution in [3.63, 3.8) is 0 Å². The second kappa shape index (κ2) is 5.17. The fraction of sp³-hybridized carbons (Fsp3) is 0.125. The van der Waals surface area contributed by atoms with Crippen LogP contribution in [0.3, 0.4) is 0 Å². The van der Waals surface area contributed by atoms with E-state index in [1.165, 1.54) is 0 Å². The van der Waals surface area contributed by atoms with E-state index in [0.717, 1.165) is 11.1 Å². The zero-order valence-electron chi connectivity index (χ0n) is 10.7. The normalized spacial score (nSPS) is 10.8. The summed E-state index contributed by atoms with van der Waals surface area (Å²) in [6, 6.07) is 15.3. The highest BCUT2D eigenvalue weighted by atomic mass is 16.4. The molecule has 0 aliphatic carbocycles. The number of benzene rings is 2. The maximum atomic E-state index is 10.7. The van der Waals surface area contributed by atoms with Crippen LogP contribution in [0.5, 0.6) is 0 Å². The van der Waals surface area contributed by atoms with Crippen LogP contribution in [0.1, 0.15) is 17.0 Å². The van der Waals surface area contributed by atoms with Crippen molar-refractivity contribution in [2.45, 2.75) is 12.8 Å². The Balaban J connectivity index is 1.88. The molecule has 100 valence electrons. The maximum absolute atomic E-state index is 10.7. The SMILES string of the molecule is O=C(O)Cc1ccc2nc(Cc3ccccc3)oc2c1. The Morgan fingerprint density at radius 1 is 1.10 bits per heavy atom. The van der Waals surface area contributed by atoms with Gasteiger partial charge in [-0.1, -0.05) is 36.4 Å².